The van der Waals surface area contributed by atoms with Gasteiger partial charge in [-0.1, -0.05) is 18.2 Å². The maximum Gasteiger partial charge on any atom is 0.348 e. The summed E-state index contributed by atoms with van der Waals surface area (Å²) in [5, 5.41) is 0.963. The number of anilines is 1. The lowest BCUT2D eigenvalue weighted by molar-refractivity contribution is 0.0531. The Morgan fingerprint density at radius 3 is 2.50 bits per heavy atom. The van der Waals surface area contributed by atoms with E-state index in [2.05, 4.69) is 30.9 Å². The molecule has 0 aliphatic carbocycles. The van der Waals surface area contributed by atoms with Gasteiger partial charge in [0.15, 0.2) is 0 Å². The minimum absolute atomic E-state index is 0.284. The number of hydrogen-bond acceptors (Lipinski definition) is 7. The minimum atomic E-state index is -0.284. The molecule has 0 unspecified atom stereocenters. The zero-order valence-electron chi connectivity index (χ0n) is 16.7. The first-order valence-electron chi connectivity index (χ1n) is 9.48. The number of nitrogens with zero attached hydrogens (tertiary/aromatic N) is 3. The second kappa shape index (κ2) is 9.39. The average Bonchev–Trinajstić information content (AvgIpc) is 3.05. The van der Waals surface area contributed by atoms with Crippen LogP contribution in [0.25, 0.3) is 10.2 Å². The van der Waals surface area contributed by atoms with Gasteiger partial charge in [0.1, 0.15) is 21.3 Å². The number of aromatic nitrogens is 2. The fraction of sp³-hybridized carbons (Fsp3) is 0.381. The SMILES string of the molecule is CCOC(=O)c1sc2nc(CSc3ccccc3)nc(N(CC)CC)c2c1C. The average molecular weight is 416 g/mol. The van der Waals surface area contributed by atoms with Crippen molar-refractivity contribution in [2.24, 2.45) is 0 Å². The fourth-order valence-electron chi connectivity index (χ4n) is 3.03. The molecular formula is C21H25N3O2S2. The molecule has 0 radical (unpaired) electrons. The Hall–Kier alpha value is -2.12. The fourth-order valence-corrected chi connectivity index (χ4v) is 4.90. The third kappa shape index (κ3) is 4.31. The highest BCUT2D eigenvalue weighted by Gasteiger charge is 2.23. The summed E-state index contributed by atoms with van der Waals surface area (Å²) in [5.74, 6) is 2.08. The maximum absolute atomic E-state index is 12.4. The van der Waals surface area contributed by atoms with E-state index < -0.39 is 0 Å². The van der Waals surface area contributed by atoms with Gasteiger partial charge in [0.05, 0.1) is 17.7 Å². The normalized spacial score (nSPS) is 11.0. The van der Waals surface area contributed by atoms with Crippen LogP contribution < -0.4 is 4.90 Å². The van der Waals surface area contributed by atoms with Crippen molar-refractivity contribution in [2.45, 2.75) is 38.3 Å². The zero-order chi connectivity index (χ0) is 20.1. The van der Waals surface area contributed by atoms with Crippen molar-refractivity contribution < 1.29 is 9.53 Å². The monoisotopic (exact) mass is 415 g/mol. The van der Waals surface area contributed by atoms with Crippen molar-refractivity contribution in [1.29, 1.82) is 0 Å². The molecule has 0 saturated carbocycles. The van der Waals surface area contributed by atoms with Crippen LogP contribution in [0.2, 0.25) is 0 Å². The maximum atomic E-state index is 12.4. The van der Waals surface area contributed by atoms with Crippen LogP contribution in [0.4, 0.5) is 5.82 Å². The van der Waals surface area contributed by atoms with E-state index in [0.29, 0.717) is 17.2 Å². The van der Waals surface area contributed by atoms with Crippen molar-refractivity contribution >= 4 is 45.1 Å². The van der Waals surface area contributed by atoms with Gasteiger partial charge in [0, 0.05) is 18.0 Å². The summed E-state index contributed by atoms with van der Waals surface area (Å²) >= 11 is 3.11. The number of thiophene rings is 1. The summed E-state index contributed by atoms with van der Waals surface area (Å²) in [7, 11) is 0. The lowest BCUT2D eigenvalue weighted by atomic mass is 10.2. The van der Waals surface area contributed by atoms with Crippen molar-refractivity contribution in [2.75, 3.05) is 24.6 Å². The van der Waals surface area contributed by atoms with Gasteiger partial charge in [0.25, 0.3) is 0 Å². The molecule has 3 rings (SSSR count). The number of carbonyl (C=O) groups excluding carboxylic acids is 1. The summed E-state index contributed by atoms with van der Waals surface area (Å²) < 4.78 is 5.23. The molecule has 2 aromatic heterocycles. The van der Waals surface area contributed by atoms with Crippen LogP contribution in [-0.2, 0) is 10.5 Å². The van der Waals surface area contributed by atoms with Crippen molar-refractivity contribution in [1.82, 2.24) is 9.97 Å². The summed E-state index contributed by atoms with van der Waals surface area (Å²) in [6.07, 6.45) is 0. The summed E-state index contributed by atoms with van der Waals surface area (Å²) in [6, 6.07) is 10.2. The number of esters is 1. The van der Waals surface area contributed by atoms with Crippen LogP contribution in [0.1, 0.15) is 41.8 Å². The Kier molecular flexibility index (Phi) is 6.91. The van der Waals surface area contributed by atoms with Crippen LogP contribution in [0.3, 0.4) is 0 Å². The third-order valence-corrected chi connectivity index (χ3v) is 6.63. The molecule has 0 spiro atoms. The molecule has 1 aromatic carbocycles. The quantitative estimate of drug-likeness (QED) is 0.367. The lowest BCUT2D eigenvalue weighted by Crippen LogP contribution is -2.24. The molecule has 0 N–H and O–H groups in total. The van der Waals surface area contributed by atoms with Gasteiger partial charge < -0.3 is 9.64 Å². The number of carbonyl (C=O) groups is 1. The molecule has 3 aromatic rings. The smallest absolute Gasteiger partial charge is 0.348 e. The van der Waals surface area contributed by atoms with Gasteiger partial charge in [-0.05, 0) is 45.4 Å². The Morgan fingerprint density at radius 2 is 1.86 bits per heavy atom. The largest absolute Gasteiger partial charge is 0.462 e. The van der Waals surface area contributed by atoms with E-state index in [1.807, 2.05) is 32.0 Å². The molecule has 0 fully saturated rings. The summed E-state index contributed by atoms with van der Waals surface area (Å²) in [6.45, 7) is 10.1. The lowest BCUT2D eigenvalue weighted by Gasteiger charge is -2.21. The van der Waals surface area contributed by atoms with Crippen LogP contribution in [0, 0.1) is 6.92 Å². The number of rotatable bonds is 8. The minimum Gasteiger partial charge on any atom is -0.462 e. The Morgan fingerprint density at radius 1 is 1.14 bits per heavy atom. The van der Waals surface area contributed by atoms with E-state index in [-0.39, 0.29) is 5.97 Å². The predicted octanol–water partition coefficient (Wildman–Crippen LogP) is 5.31. The van der Waals surface area contributed by atoms with Gasteiger partial charge in [-0.25, -0.2) is 14.8 Å². The van der Waals surface area contributed by atoms with E-state index in [9.17, 15) is 4.79 Å². The molecule has 2 heterocycles. The highest BCUT2D eigenvalue weighted by atomic mass is 32.2. The standard InChI is InChI=1S/C21H25N3O2S2/c1-5-24(6-2)19-17-14(4)18(21(25)26-7-3)28-20(17)23-16(22-19)13-27-15-11-9-8-10-12-15/h8-12H,5-7,13H2,1-4H3. The van der Waals surface area contributed by atoms with Crippen molar-refractivity contribution in [3.8, 4) is 0 Å². The van der Waals surface area contributed by atoms with E-state index in [4.69, 9.17) is 14.7 Å². The summed E-state index contributed by atoms with van der Waals surface area (Å²) in [4.78, 5) is 26.9. The first-order chi connectivity index (χ1) is 13.6. The van der Waals surface area contributed by atoms with Crippen molar-refractivity contribution in [3.63, 3.8) is 0 Å². The molecule has 0 atom stereocenters. The molecular weight excluding hydrogens is 390 g/mol. The molecule has 148 valence electrons. The van der Waals surface area contributed by atoms with Gasteiger partial charge in [-0.15, -0.1) is 23.1 Å². The number of thioether (sulfide) groups is 1. The van der Waals surface area contributed by atoms with Crippen molar-refractivity contribution in [3.05, 3.63) is 46.6 Å². The highest BCUT2D eigenvalue weighted by Crippen LogP contribution is 2.36. The zero-order valence-corrected chi connectivity index (χ0v) is 18.3. The van der Waals surface area contributed by atoms with Gasteiger partial charge in [-0.2, -0.15) is 0 Å². The third-order valence-electron chi connectivity index (χ3n) is 4.45. The van der Waals surface area contributed by atoms with Gasteiger partial charge in [-0.3, -0.25) is 0 Å². The molecule has 0 aliphatic rings. The number of aryl methyl sites for hydroxylation is 1. The Balaban J connectivity index is 2.04. The molecule has 0 aliphatic heterocycles. The van der Waals surface area contributed by atoms with Crippen LogP contribution in [-0.4, -0.2) is 35.6 Å². The number of fused-ring (bicyclic) bond motifs is 1. The van der Waals surface area contributed by atoms with E-state index in [0.717, 1.165) is 40.5 Å². The van der Waals surface area contributed by atoms with Crippen LogP contribution in [0.5, 0.6) is 0 Å². The number of benzene rings is 1. The highest BCUT2D eigenvalue weighted by molar-refractivity contribution is 7.98. The van der Waals surface area contributed by atoms with Crippen LogP contribution >= 0.6 is 23.1 Å². The second-order valence-electron chi connectivity index (χ2n) is 6.19. The van der Waals surface area contributed by atoms with E-state index in [1.165, 1.54) is 16.2 Å². The van der Waals surface area contributed by atoms with E-state index in [1.54, 1.807) is 11.8 Å². The topological polar surface area (TPSA) is 55.3 Å². The summed E-state index contributed by atoms with van der Waals surface area (Å²) in [5.41, 5.74) is 0.905. The Labute approximate surface area is 174 Å². The first kappa shape index (κ1) is 20.6. The number of ether oxygens (including phenoxy) is 1. The van der Waals surface area contributed by atoms with Gasteiger partial charge >= 0.3 is 5.97 Å². The van der Waals surface area contributed by atoms with Crippen LogP contribution in [0.15, 0.2) is 35.2 Å². The molecule has 0 saturated heterocycles. The first-order valence-corrected chi connectivity index (χ1v) is 11.3. The molecule has 28 heavy (non-hydrogen) atoms. The predicted molar refractivity (Wildman–Crippen MR) is 118 cm³/mol. The molecule has 7 heteroatoms. The Bertz CT molecular complexity index is 953. The second-order valence-corrected chi connectivity index (χ2v) is 8.24. The van der Waals surface area contributed by atoms with Gasteiger partial charge in [0.2, 0.25) is 0 Å². The number of hydrogen-bond donors (Lipinski definition) is 0. The van der Waals surface area contributed by atoms with E-state index >= 15 is 0 Å². The molecule has 0 bridgehead atoms. The molecule has 5 nitrogen and oxygen atoms in total. The molecule has 0 amide bonds.